The molecule has 1 aromatic rings. The number of hydrogen-bond donors (Lipinski definition) is 1. The standard InChI is InChI=1S/C9H13BFO/c1-7-2-3-8(11)6-9(7)10-4-5-12/h2-3,6,12H,4-5,10H2,1H3/q-1. The van der Waals surface area contributed by atoms with Crippen molar-refractivity contribution in [3.05, 3.63) is 29.6 Å². The summed E-state index contributed by atoms with van der Waals surface area (Å²) in [5.41, 5.74) is 2.26. The molecule has 0 spiro atoms. The fourth-order valence-electron chi connectivity index (χ4n) is 1.47. The molecule has 0 aliphatic rings. The van der Waals surface area contributed by atoms with E-state index in [1.54, 1.807) is 12.1 Å². The minimum atomic E-state index is -0.332. The fourth-order valence-corrected chi connectivity index (χ4v) is 1.47. The Labute approximate surface area is 72.5 Å². The molecule has 0 amide bonds. The third kappa shape index (κ3) is 2.34. The van der Waals surface area contributed by atoms with E-state index >= 15 is 0 Å². The molecule has 3 heteroatoms. The van der Waals surface area contributed by atoms with E-state index in [1.807, 2.05) is 6.92 Å². The summed E-state index contributed by atoms with van der Waals surface area (Å²) < 4.78 is 12.7. The van der Waals surface area contributed by atoms with E-state index in [2.05, 4.69) is 0 Å². The van der Waals surface area contributed by atoms with Gasteiger partial charge < -0.3 is 5.11 Å². The molecule has 0 aromatic heterocycles. The van der Waals surface area contributed by atoms with Crippen LogP contribution in [0.3, 0.4) is 0 Å². The number of hydrogen-bond acceptors (Lipinski definition) is 1. The van der Waals surface area contributed by atoms with Crippen LogP contribution in [0.25, 0.3) is 0 Å². The predicted octanol–water partition coefficient (Wildman–Crippen LogP) is 0.339. The van der Waals surface area contributed by atoms with Crippen LogP contribution in [0.15, 0.2) is 18.2 Å². The Hall–Kier alpha value is -0.825. The first-order chi connectivity index (χ1) is 5.74. The maximum absolute atomic E-state index is 12.7. The minimum absolute atomic E-state index is 0.169. The monoisotopic (exact) mass is 167 g/mol. The van der Waals surface area contributed by atoms with Gasteiger partial charge in [-0.05, 0) is 20.3 Å². The van der Waals surface area contributed by atoms with Crippen LogP contribution in [0.4, 0.5) is 4.39 Å². The maximum atomic E-state index is 12.7. The molecule has 0 heterocycles. The minimum Gasteiger partial charge on any atom is -0.400 e. The van der Waals surface area contributed by atoms with Crippen molar-refractivity contribution < 1.29 is 9.50 Å². The van der Waals surface area contributed by atoms with Crippen molar-refractivity contribution in [3.8, 4) is 0 Å². The van der Waals surface area contributed by atoms with E-state index in [4.69, 9.17) is 5.11 Å². The molecule has 1 nitrogen and oxygen atoms in total. The summed E-state index contributed by atoms with van der Waals surface area (Å²) in [7, 11) is -0.332. The van der Waals surface area contributed by atoms with Gasteiger partial charge in [-0.25, -0.2) is 9.85 Å². The SMILES string of the molecule is Cc1ccc(F)cc1[BH2-]CCO. The molecule has 0 unspecified atom stereocenters. The van der Waals surface area contributed by atoms with E-state index < -0.39 is 0 Å². The Balaban J connectivity index is 2.75. The molecular formula is C9H13BFO-. The Morgan fingerprint density at radius 1 is 1.50 bits per heavy atom. The fraction of sp³-hybridized carbons (Fsp3) is 0.333. The summed E-state index contributed by atoms with van der Waals surface area (Å²) >= 11 is 0. The molecule has 12 heavy (non-hydrogen) atoms. The van der Waals surface area contributed by atoms with Gasteiger partial charge in [0.1, 0.15) is 5.82 Å². The molecule has 0 aliphatic heterocycles. The summed E-state index contributed by atoms with van der Waals surface area (Å²) in [6, 6.07) is 4.86. The van der Waals surface area contributed by atoms with Gasteiger partial charge in [0.25, 0.3) is 0 Å². The molecule has 0 saturated heterocycles. The average Bonchev–Trinajstić information content (AvgIpc) is 2.07. The smallest absolute Gasteiger partial charge is 0.120 e. The summed E-state index contributed by atoms with van der Waals surface area (Å²) in [6.07, 6.45) is 0.824. The summed E-state index contributed by atoms with van der Waals surface area (Å²) in [5.74, 6) is -0.169. The number of rotatable bonds is 3. The molecule has 0 aliphatic carbocycles. The lowest BCUT2D eigenvalue weighted by molar-refractivity contribution is 0.318. The third-order valence-corrected chi connectivity index (χ3v) is 2.32. The van der Waals surface area contributed by atoms with Crippen LogP contribution < -0.4 is 5.46 Å². The van der Waals surface area contributed by atoms with Gasteiger partial charge >= 0.3 is 0 Å². The number of aliphatic hydroxyl groups is 1. The molecular weight excluding hydrogens is 154 g/mol. The molecule has 1 N–H and O–H groups in total. The summed E-state index contributed by atoms with van der Waals surface area (Å²) in [4.78, 5) is 0. The second kappa shape index (κ2) is 4.26. The summed E-state index contributed by atoms with van der Waals surface area (Å²) in [6.45, 7) is 2.20. The number of halogens is 1. The van der Waals surface area contributed by atoms with E-state index in [-0.39, 0.29) is 19.7 Å². The Morgan fingerprint density at radius 2 is 2.25 bits per heavy atom. The summed E-state index contributed by atoms with van der Waals surface area (Å²) in [5, 5.41) is 8.63. The van der Waals surface area contributed by atoms with E-state index in [1.165, 1.54) is 6.07 Å². The van der Waals surface area contributed by atoms with E-state index in [9.17, 15) is 4.39 Å². The van der Waals surface area contributed by atoms with Gasteiger partial charge in [0, 0.05) is 6.61 Å². The van der Waals surface area contributed by atoms with Crippen molar-refractivity contribution in [3.63, 3.8) is 0 Å². The van der Waals surface area contributed by atoms with Crippen molar-refractivity contribution >= 4 is 12.7 Å². The number of aryl methyl sites for hydroxylation is 1. The normalized spacial score (nSPS) is 10.2. The van der Waals surface area contributed by atoms with Crippen molar-refractivity contribution in [2.24, 2.45) is 0 Å². The molecule has 0 fully saturated rings. The zero-order chi connectivity index (χ0) is 8.97. The van der Waals surface area contributed by atoms with Crippen molar-refractivity contribution in [1.82, 2.24) is 0 Å². The lowest BCUT2D eigenvalue weighted by atomic mass is 9.66. The van der Waals surface area contributed by atoms with Crippen LogP contribution >= 0.6 is 0 Å². The highest BCUT2D eigenvalue weighted by atomic mass is 19.1. The molecule has 0 atom stereocenters. The van der Waals surface area contributed by atoms with Crippen molar-refractivity contribution in [2.75, 3.05) is 6.61 Å². The Bertz CT molecular complexity index is 263. The molecule has 0 saturated carbocycles. The van der Waals surface area contributed by atoms with Crippen LogP contribution in [-0.2, 0) is 0 Å². The topological polar surface area (TPSA) is 20.2 Å². The zero-order valence-electron chi connectivity index (χ0n) is 7.47. The predicted molar refractivity (Wildman–Crippen MR) is 51.2 cm³/mol. The first-order valence-electron chi connectivity index (χ1n) is 4.45. The largest absolute Gasteiger partial charge is 0.400 e. The maximum Gasteiger partial charge on any atom is 0.120 e. The first-order valence-corrected chi connectivity index (χ1v) is 4.45. The van der Waals surface area contributed by atoms with E-state index in [0.29, 0.717) is 0 Å². The lowest BCUT2D eigenvalue weighted by Gasteiger charge is -2.09. The van der Waals surface area contributed by atoms with Crippen LogP contribution in [-0.4, -0.2) is 19.0 Å². The van der Waals surface area contributed by atoms with Gasteiger partial charge in [-0.2, -0.15) is 6.32 Å². The third-order valence-electron chi connectivity index (χ3n) is 2.32. The van der Waals surface area contributed by atoms with Crippen molar-refractivity contribution in [2.45, 2.75) is 13.2 Å². The van der Waals surface area contributed by atoms with Gasteiger partial charge in [0.15, 0.2) is 0 Å². The molecule has 66 valence electrons. The molecule has 1 rings (SSSR count). The van der Waals surface area contributed by atoms with Crippen LogP contribution in [0, 0.1) is 12.7 Å². The second-order valence-corrected chi connectivity index (χ2v) is 3.31. The van der Waals surface area contributed by atoms with Crippen LogP contribution in [0.5, 0.6) is 0 Å². The van der Waals surface area contributed by atoms with E-state index in [0.717, 1.165) is 17.3 Å². The van der Waals surface area contributed by atoms with Crippen molar-refractivity contribution in [1.29, 1.82) is 0 Å². The first kappa shape index (κ1) is 9.26. The highest BCUT2D eigenvalue weighted by Gasteiger charge is 1.93. The zero-order valence-corrected chi connectivity index (χ0v) is 7.47. The number of benzene rings is 1. The van der Waals surface area contributed by atoms with Gasteiger partial charge in [-0.3, -0.25) is 0 Å². The van der Waals surface area contributed by atoms with Gasteiger partial charge in [-0.1, -0.05) is 17.7 Å². The molecule has 0 radical (unpaired) electrons. The van der Waals surface area contributed by atoms with Gasteiger partial charge in [0.2, 0.25) is 0 Å². The second-order valence-electron chi connectivity index (χ2n) is 3.31. The van der Waals surface area contributed by atoms with Gasteiger partial charge in [0.05, 0.1) is 0 Å². The number of aliphatic hydroxyl groups excluding tert-OH is 1. The van der Waals surface area contributed by atoms with Gasteiger partial charge in [-0.15, -0.1) is 0 Å². The molecule has 1 aromatic carbocycles. The quantitative estimate of drug-likeness (QED) is 0.643. The highest BCUT2D eigenvalue weighted by Crippen LogP contribution is 1.98. The van der Waals surface area contributed by atoms with Crippen LogP contribution in [0.2, 0.25) is 6.32 Å². The highest BCUT2D eigenvalue weighted by molar-refractivity contribution is 6.54. The Kier molecular flexibility index (Phi) is 3.29. The average molecular weight is 167 g/mol. The lowest BCUT2D eigenvalue weighted by Crippen LogP contribution is -2.18. The Morgan fingerprint density at radius 3 is 2.92 bits per heavy atom. The van der Waals surface area contributed by atoms with Crippen LogP contribution in [0.1, 0.15) is 5.56 Å². The molecule has 0 bridgehead atoms.